The molecule has 7 heterocycles. The molecule has 0 saturated heterocycles. The molecule has 258 valence electrons. The average molecular weight is 725 g/mol. The van der Waals surface area contributed by atoms with Crippen LogP contribution >= 0.6 is 11.3 Å². The largest absolute Gasteiger partial charge is 0.294 e. The lowest BCUT2D eigenvalue weighted by Crippen LogP contribution is -1.98. The van der Waals surface area contributed by atoms with E-state index in [1.807, 2.05) is 48.8 Å². The zero-order valence-electron chi connectivity index (χ0n) is 29.2. The van der Waals surface area contributed by atoms with Gasteiger partial charge in [-0.05, 0) is 84.9 Å². The van der Waals surface area contributed by atoms with Crippen LogP contribution in [0, 0.1) is 0 Å². The van der Waals surface area contributed by atoms with Gasteiger partial charge in [-0.25, -0.2) is 9.97 Å². The number of aromatic nitrogens is 8. The maximum atomic E-state index is 5.11. The maximum Gasteiger partial charge on any atom is 0.148 e. The van der Waals surface area contributed by atoms with Gasteiger partial charge in [0, 0.05) is 68.6 Å². The third kappa shape index (κ3) is 5.20. The second-order valence-corrected chi connectivity index (χ2v) is 14.3. The SMILES string of the molecule is c1cncc(-c2cccc(-n3c4ccccc4c4cc(-c5nnc(-c6ccc7c8ccccc8n(-c8cccc(-c9cccnc9)n8)c7c6)s5)ccc43)n2)c1. The summed E-state index contributed by atoms with van der Waals surface area (Å²) in [6.45, 7) is 0. The van der Waals surface area contributed by atoms with Gasteiger partial charge in [0.1, 0.15) is 21.7 Å². The molecule has 4 aromatic carbocycles. The van der Waals surface area contributed by atoms with Crippen LogP contribution in [0.15, 0.2) is 170 Å². The van der Waals surface area contributed by atoms with Crippen LogP contribution in [0.4, 0.5) is 0 Å². The van der Waals surface area contributed by atoms with E-state index in [0.717, 1.165) is 93.5 Å². The minimum Gasteiger partial charge on any atom is -0.294 e. The first-order chi connectivity index (χ1) is 27.3. The van der Waals surface area contributed by atoms with Gasteiger partial charge in [0.2, 0.25) is 0 Å². The molecule has 0 bridgehead atoms. The van der Waals surface area contributed by atoms with Crippen LogP contribution in [0.5, 0.6) is 0 Å². The Balaban J connectivity index is 1.00. The highest BCUT2D eigenvalue weighted by atomic mass is 32.1. The Morgan fingerprint density at radius 2 is 0.909 bits per heavy atom. The van der Waals surface area contributed by atoms with Crippen molar-refractivity contribution in [1.29, 1.82) is 0 Å². The molecule has 0 unspecified atom stereocenters. The molecule has 0 aliphatic heterocycles. The molecule has 0 aliphatic rings. The normalized spacial score (nSPS) is 11.6. The van der Waals surface area contributed by atoms with Crippen molar-refractivity contribution >= 4 is 54.9 Å². The molecule has 0 N–H and O–H groups in total. The summed E-state index contributed by atoms with van der Waals surface area (Å²) in [5, 5.41) is 15.8. The molecule has 8 nitrogen and oxygen atoms in total. The van der Waals surface area contributed by atoms with Crippen LogP contribution in [-0.4, -0.2) is 39.3 Å². The topological polar surface area (TPSA) is 87.2 Å². The van der Waals surface area contributed by atoms with E-state index in [4.69, 9.17) is 20.2 Å². The van der Waals surface area contributed by atoms with Gasteiger partial charge in [-0.15, -0.1) is 10.2 Å². The smallest absolute Gasteiger partial charge is 0.148 e. The first kappa shape index (κ1) is 31.2. The van der Waals surface area contributed by atoms with E-state index in [0.29, 0.717) is 0 Å². The third-order valence-electron chi connectivity index (χ3n) is 10.1. The number of pyridine rings is 4. The van der Waals surface area contributed by atoms with Gasteiger partial charge in [-0.2, -0.15) is 0 Å². The summed E-state index contributed by atoms with van der Waals surface area (Å²) in [7, 11) is 0. The van der Waals surface area contributed by atoms with Crippen molar-refractivity contribution in [2.24, 2.45) is 0 Å². The number of rotatable bonds is 6. The standard InChI is InChI=1S/C46H28N8S/c1-3-15-39-33(11-1)35-21-19-30(26-42(35)54(39)44-18-6-14-38(50-44)32-10-8-24-48-28-32)46-52-51-45(55-46)29-20-22-41-36(25-29)34-12-2-4-16-40(34)53(41)43-17-5-13-37(49-43)31-9-7-23-47-27-31/h1-28H. The van der Waals surface area contributed by atoms with Gasteiger partial charge in [0.25, 0.3) is 0 Å². The summed E-state index contributed by atoms with van der Waals surface area (Å²) in [6.07, 6.45) is 7.25. The Kier molecular flexibility index (Phi) is 7.17. The van der Waals surface area contributed by atoms with Crippen molar-refractivity contribution in [3.05, 3.63) is 170 Å². The predicted molar refractivity (Wildman–Crippen MR) is 222 cm³/mol. The molecule has 0 saturated carbocycles. The van der Waals surface area contributed by atoms with Crippen molar-refractivity contribution in [3.63, 3.8) is 0 Å². The van der Waals surface area contributed by atoms with E-state index in [2.05, 4.69) is 128 Å². The number of fused-ring (bicyclic) bond motifs is 6. The van der Waals surface area contributed by atoms with Crippen molar-refractivity contribution in [1.82, 2.24) is 39.3 Å². The number of nitrogens with zero attached hydrogens (tertiary/aromatic N) is 8. The van der Waals surface area contributed by atoms with E-state index < -0.39 is 0 Å². The molecule has 55 heavy (non-hydrogen) atoms. The zero-order valence-corrected chi connectivity index (χ0v) is 30.0. The summed E-state index contributed by atoms with van der Waals surface area (Å²) in [5.74, 6) is 1.69. The Bertz CT molecular complexity index is 3220. The highest BCUT2D eigenvalue weighted by Gasteiger charge is 2.19. The van der Waals surface area contributed by atoms with Crippen LogP contribution in [0.2, 0.25) is 0 Å². The first-order valence-corrected chi connectivity index (χ1v) is 18.7. The molecule has 0 aliphatic carbocycles. The predicted octanol–water partition coefficient (Wildman–Crippen LogP) is 11.0. The molecule has 11 rings (SSSR count). The molecule has 0 atom stereocenters. The van der Waals surface area contributed by atoms with Crippen LogP contribution in [0.3, 0.4) is 0 Å². The Morgan fingerprint density at radius 3 is 1.53 bits per heavy atom. The molecular weight excluding hydrogens is 697 g/mol. The maximum absolute atomic E-state index is 5.11. The molecule has 0 fully saturated rings. The molecule has 7 aromatic heterocycles. The number of hydrogen-bond donors (Lipinski definition) is 0. The summed E-state index contributed by atoms with van der Waals surface area (Å²) < 4.78 is 4.47. The Labute approximate surface area is 318 Å². The first-order valence-electron chi connectivity index (χ1n) is 17.9. The van der Waals surface area contributed by atoms with Gasteiger partial charge in [0.05, 0.1) is 33.5 Å². The quantitative estimate of drug-likeness (QED) is 0.170. The lowest BCUT2D eigenvalue weighted by molar-refractivity contribution is 1.08. The lowest BCUT2D eigenvalue weighted by atomic mass is 10.1. The monoisotopic (exact) mass is 724 g/mol. The van der Waals surface area contributed by atoms with E-state index in [-0.39, 0.29) is 0 Å². The van der Waals surface area contributed by atoms with Crippen molar-refractivity contribution < 1.29 is 0 Å². The fourth-order valence-corrected chi connectivity index (χ4v) is 8.44. The Hall–Kier alpha value is -7.36. The van der Waals surface area contributed by atoms with Crippen molar-refractivity contribution in [2.45, 2.75) is 0 Å². The van der Waals surface area contributed by atoms with Crippen LogP contribution in [-0.2, 0) is 0 Å². The molecule has 9 heteroatoms. The van der Waals surface area contributed by atoms with Gasteiger partial charge < -0.3 is 0 Å². The highest BCUT2D eigenvalue weighted by Crippen LogP contribution is 2.39. The average Bonchev–Trinajstić information content (AvgIpc) is 3.97. The van der Waals surface area contributed by atoms with Gasteiger partial charge in [-0.3, -0.25) is 19.1 Å². The van der Waals surface area contributed by atoms with Gasteiger partial charge >= 0.3 is 0 Å². The second-order valence-electron chi connectivity index (χ2n) is 13.3. The highest BCUT2D eigenvalue weighted by molar-refractivity contribution is 7.17. The van der Waals surface area contributed by atoms with Crippen LogP contribution in [0.1, 0.15) is 0 Å². The Morgan fingerprint density at radius 1 is 0.382 bits per heavy atom. The van der Waals surface area contributed by atoms with E-state index in [1.165, 1.54) is 5.39 Å². The second kappa shape index (κ2) is 12.6. The number of benzene rings is 4. The summed E-state index contributed by atoms with van der Waals surface area (Å²) in [4.78, 5) is 18.8. The number of hydrogen-bond acceptors (Lipinski definition) is 7. The van der Waals surface area contributed by atoms with E-state index in [9.17, 15) is 0 Å². The summed E-state index contributed by atoms with van der Waals surface area (Å²) >= 11 is 1.59. The summed E-state index contributed by atoms with van der Waals surface area (Å²) in [5.41, 5.74) is 10.0. The molecule has 11 aromatic rings. The van der Waals surface area contributed by atoms with Crippen molar-refractivity contribution in [2.75, 3.05) is 0 Å². The molecule has 0 spiro atoms. The van der Waals surface area contributed by atoms with E-state index in [1.54, 1.807) is 23.7 Å². The van der Waals surface area contributed by atoms with Gasteiger partial charge in [0.15, 0.2) is 0 Å². The molecule has 0 amide bonds. The van der Waals surface area contributed by atoms with Crippen LogP contribution in [0.25, 0.3) is 98.9 Å². The number of para-hydroxylation sites is 2. The van der Waals surface area contributed by atoms with E-state index >= 15 is 0 Å². The zero-order chi connectivity index (χ0) is 36.3. The fourth-order valence-electron chi connectivity index (χ4n) is 7.61. The van der Waals surface area contributed by atoms with Crippen molar-refractivity contribution in [3.8, 4) is 55.3 Å². The molecule has 0 radical (unpaired) electrons. The lowest BCUT2D eigenvalue weighted by Gasteiger charge is -2.09. The fraction of sp³-hybridized carbons (Fsp3) is 0. The minimum atomic E-state index is 0.842. The minimum absolute atomic E-state index is 0.842. The molecular formula is C46H28N8S. The third-order valence-corrected chi connectivity index (χ3v) is 11.1. The van der Waals surface area contributed by atoms with Gasteiger partial charge in [-0.1, -0.05) is 72.0 Å². The summed E-state index contributed by atoms with van der Waals surface area (Å²) in [6, 6.07) is 50.2. The van der Waals surface area contributed by atoms with Crippen LogP contribution < -0.4 is 0 Å².